The van der Waals surface area contributed by atoms with E-state index in [9.17, 15) is 8.78 Å². The summed E-state index contributed by atoms with van der Waals surface area (Å²) in [6.07, 6.45) is 3.11. The number of hydrogen-bond acceptors (Lipinski definition) is 1. The molecule has 1 aliphatic rings. The lowest BCUT2D eigenvalue weighted by Crippen LogP contribution is -2.13. The molecule has 1 saturated carbocycles. The SMILES string of the molecule is NC(CC1CC1)c1cc(F)ccc1F. The molecule has 0 amide bonds. The predicted octanol–water partition coefficient (Wildman–Crippen LogP) is 2.76. The van der Waals surface area contributed by atoms with Crippen LogP contribution in [0.2, 0.25) is 0 Å². The molecule has 14 heavy (non-hydrogen) atoms. The summed E-state index contributed by atoms with van der Waals surface area (Å²) in [5.74, 6) is -0.208. The van der Waals surface area contributed by atoms with Gasteiger partial charge in [0.1, 0.15) is 11.6 Å². The van der Waals surface area contributed by atoms with Gasteiger partial charge in [-0.1, -0.05) is 12.8 Å². The predicted molar refractivity (Wildman–Crippen MR) is 50.6 cm³/mol. The molecule has 1 unspecified atom stereocenters. The van der Waals surface area contributed by atoms with Crippen LogP contribution < -0.4 is 5.73 Å². The molecule has 0 heterocycles. The van der Waals surface area contributed by atoms with Crippen molar-refractivity contribution in [3.63, 3.8) is 0 Å². The molecular weight excluding hydrogens is 184 g/mol. The average Bonchev–Trinajstić information content (AvgIpc) is 2.93. The van der Waals surface area contributed by atoms with Crippen molar-refractivity contribution >= 4 is 0 Å². The van der Waals surface area contributed by atoms with Gasteiger partial charge in [-0.2, -0.15) is 0 Å². The largest absolute Gasteiger partial charge is 0.324 e. The summed E-state index contributed by atoms with van der Waals surface area (Å²) in [5.41, 5.74) is 6.10. The van der Waals surface area contributed by atoms with Crippen molar-refractivity contribution in [1.82, 2.24) is 0 Å². The van der Waals surface area contributed by atoms with Gasteiger partial charge in [0.25, 0.3) is 0 Å². The van der Waals surface area contributed by atoms with Crippen molar-refractivity contribution in [3.8, 4) is 0 Å². The topological polar surface area (TPSA) is 26.0 Å². The minimum atomic E-state index is -0.423. The Morgan fingerprint density at radius 3 is 2.71 bits per heavy atom. The van der Waals surface area contributed by atoms with Gasteiger partial charge in [0.15, 0.2) is 0 Å². The molecule has 0 aliphatic heterocycles. The van der Waals surface area contributed by atoms with Gasteiger partial charge in [-0.05, 0) is 30.5 Å². The maximum absolute atomic E-state index is 13.2. The monoisotopic (exact) mass is 197 g/mol. The number of hydrogen-bond donors (Lipinski definition) is 1. The van der Waals surface area contributed by atoms with Crippen molar-refractivity contribution in [2.45, 2.75) is 25.3 Å². The van der Waals surface area contributed by atoms with Crippen molar-refractivity contribution in [1.29, 1.82) is 0 Å². The summed E-state index contributed by atoms with van der Waals surface area (Å²) in [6.45, 7) is 0. The summed E-state index contributed by atoms with van der Waals surface area (Å²) in [4.78, 5) is 0. The fourth-order valence-electron chi connectivity index (χ4n) is 1.64. The van der Waals surface area contributed by atoms with E-state index >= 15 is 0 Å². The van der Waals surface area contributed by atoms with E-state index in [-0.39, 0.29) is 6.04 Å². The van der Waals surface area contributed by atoms with E-state index in [1.54, 1.807) is 0 Å². The minimum absolute atomic E-state index is 0.303. The van der Waals surface area contributed by atoms with Gasteiger partial charge in [0.2, 0.25) is 0 Å². The molecule has 0 saturated heterocycles. The highest BCUT2D eigenvalue weighted by atomic mass is 19.1. The molecule has 0 aromatic heterocycles. The fourth-order valence-corrected chi connectivity index (χ4v) is 1.64. The van der Waals surface area contributed by atoms with Crippen molar-refractivity contribution in [3.05, 3.63) is 35.4 Å². The molecule has 0 radical (unpaired) electrons. The van der Waals surface area contributed by atoms with Crippen LogP contribution in [0.1, 0.15) is 30.9 Å². The summed E-state index contributed by atoms with van der Waals surface area (Å²) in [7, 11) is 0. The highest BCUT2D eigenvalue weighted by molar-refractivity contribution is 5.22. The van der Waals surface area contributed by atoms with Crippen molar-refractivity contribution < 1.29 is 8.78 Å². The van der Waals surface area contributed by atoms with Gasteiger partial charge < -0.3 is 5.73 Å². The second kappa shape index (κ2) is 3.65. The Kier molecular flexibility index (Phi) is 2.50. The van der Waals surface area contributed by atoms with Crippen LogP contribution in [0.3, 0.4) is 0 Å². The second-order valence-electron chi connectivity index (χ2n) is 3.95. The van der Waals surface area contributed by atoms with Crippen LogP contribution in [-0.4, -0.2) is 0 Å². The number of nitrogens with two attached hydrogens (primary N) is 1. The molecule has 1 aromatic carbocycles. The summed E-state index contributed by atoms with van der Waals surface area (Å²) in [5, 5.41) is 0. The van der Waals surface area contributed by atoms with Crippen LogP contribution >= 0.6 is 0 Å². The molecule has 0 spiro atoms. The standard InChI is InChI=1S/C11H13F2N/c12-8-3-4-10(13)9(6-8)11(14)5-7-1-2-7/h3-4,6-7,11H,1-2,5,14H2. The zero-order valence-corrected chi connectivity index (χ0v) is 7.84. The number of halogens is 2. The Bertz CT molecular complexity index is 334. The summed E-state index contributed by atoms with van der Waals surface area (Å²) in [6, 6.07) is 3.08. The van der Waals surface area contributed by atoms with E-state index in [2.05, 4.69) is 0 Å². The van der Waals surface area contributed by atoms with Crippen LogP contribution in [0, 0.1) is 17.6 Å². The molecule has 1 aliphatic carbocycles. The minimum Gasteiger partial charge on any atom is -0.324 e. The zero-order valence-electron chi connectivity index (χ0n) is 7.84. The van der Waals surface area contributed by atoms with E-state index in [1.165, 1.54) is 18.9 Å². The van der Waals surface area contributed by atoms with Gasteiger partial charge in [0, 0.05) is 11.6 Å². The Hall–Kier alpha value is -0.960. The third-order valence-electron chi connectivity index (χ3n) is 2.64. The molecule has 1 aromatic rings. The number of benzene rings is 1. The third-order valence-corrected chi connectivity index (χ3v) is 2.64. The Morgan fingerprint density at radius 2 is 2.07 bits per heavy atom. The Morgan fingerprint density at radius 1 is 1.36 bits per heavy atom. The lowest BCUT2D eigenvalue weighted by Gasteiger charge is -2.12. The summed E-state index contributed by atoms with van der Waals surface area (Å²) >= 11 is 0. The maximum Gasteiger partial charge on any atom is 0.128 e. The molecule has 76 valence electrons. The van der Waals surface area contributed by atoms with E-state index in [0.717, 1.165) is 18.6 Å². The molecule has 1 atom stereocenters. The maximum atomic E-state index is 13.2. The van der Waals surface area contributed by atoms with E-state index in [1.807, 2.05) is 0 Å². The number of rotatable bonds is 3. The first kappa shape index (κ1) is 9.59. The van der Waals surface area contributed by atoms with Gasteiger partial charge in [-0.25, -0.2) is 8.78 Å². The fraction of sp³-hybridized carbons (Fsp3) is 0.455. The molecule has 0 bridgehead atoms. The van der Waals surface area contributed by atoms with Gasteiger partial charge in [0.05, 0.1) is 0 Å². The van der Waals surface area contributed by atoms with E-state index in [0.29, 0.717) is 11.5 Å². The molecule has 1 nitrogen and oxygen atoms in total. The van der Waals surface area contributed by atoms with E-state index < -0.39 is 11.6 Å². The molecule has 2 N–H and O–H groups in total. The highest BCUT2D eigenvalue weighted by Gasteiger charge is 2.25. The van der Waals surface area contributed by atoms with Crippen molar-refractivity contribution in [2.75, 3.05) is 0 Å². The summed E-state index contributed by atoms with van der Waals surface area (Å²) < 4.78 is 26.1. The third kappa shape index (κ3) is 2.10. The normalized spacial score (nSPS) is 18.2. The van der Waals surface area contributed by atoms with Gasteiger partial charge >= 0.3 is 0 Å². The first-order chi connectivity index (χ1) is 6.66. The lowest BCUT2D eigenvalue weighted by molar-refractivity contribution is 0.531. The molecule has 1 fully saturated rings. The molecule has 2 rings (SSSR count). The average molecular weight is 197 g/mol. The first-order valence-electron chi connectivity index (χ1n) is 4.87. The smallest absolute Gasteiger partial charge is 0.128 e. The molecule has 3 heteroatoms. The quantitative estimate of drug-likeness (QED) is 0.792. The van der Waals surface area contributed by atoms with Crippen LogP contribution in [0.5, 0.6) is 0 Å². The van der Waals surface area contributed by atoms with Gasteiger partial charge in [-0.3, -0.25) is 0 Å². The van der Waals surface area contributed by atoms with E-state index in [4.69, 9.17) is 5.73 Å². The van der Waals surface area contributed by atoms with Gasteiger partial charge in [-0.15, -0.1) is 0 Å². The first-order valence-corrected chi connectivity index (χ1v) is 4.87. The van der Waals surface area contributed by atoms with Crippen LogP contribution in [0.4, 0.5) is 8.78 Å². The Labute approximate surface area is 81.9 Å². The molecular formula is C11H13F2N. The van der Waals surface area contributed by atoms with Crippen LogP contribution in [-0.2, 0) is 0 Å². The van der Waals surface area contributed by atoms with Crippen LogP contribution in [0.15, 0.2) is 18.2 Å². The highest BCUT2D eigenvalue weighted by Crippen LogP contribution is 2.37. The second-order valence-corrected chi connectivity index (χ2v) is 3.95. The Balaban J connectivity index is 2.15. The lowest BCUT2D eigenvalue weighted by atomic mass is 10.0. The zero-order chi connectivity index (χ0) is 10.1. The van der Waals surface area contributed by atoms with Crippen molar-refractivity contribution in [2.24, 2.45) is 11.7 Å². The van der Waals surface area contributed by atoms with Crippen LogP contribution in [0.25, 0.3) is 0 Å².